The van der Waals surface area contributed by atoms with Gasteiger partial charge < -0.3 is 5.11 Å². The first-order valence-electron chi connectivity index (χ1n) is 4.55. The van der Waals surface area contributed by atoms with Crippen molar-refractivity contribution in [3.05, 3.63) is 41.5 Å². The van der Waals surface area contributed by atoms with Gasteiger partial charge in [-0.25, -0.2) is 0 Å². The molecule has 1 aromatic carbocycles. The van der Waals surface area contributed by atoms with Gasteiger partial charge in [-0.05, 0) is 37.5 Å². The van der Waals surface area contributed by atoms with E-state index in [9.17, 15) is 9.90 Å². The molecular formula is C12H14O2. The van der Waals surface area contributed by atoms with Gasteiger partial charge in [0.15, 0.2) is 6.29 Å². The molecule has 0 heterocycles. The van der Waals surface area contributed by atoms with E-state index in [0.29, 0.717) is 11.8 Å². The average Bonchev–Trinajstić information content (AvgIpc) is 2.16. The number of carbonyl (C=O) groups excluding carboxylic acids is 1. The highest BCUT2D eigenvalue weighted by Gasteiger charge is 2.01. The molecule has 1 N–H and O–H groups in total. The lowest BCUT2D eigenvalue weighted by Crippen LogP contribution is -1.89. The highest BCUT2D eigenvalue weighted by Crippen LogP contribution is 2.18. The van der Waals surface area contributed by atoms with Crippen molar-refractivity contribution in [1.29, 1.82) is 0 Å². The van der Waals surface area contributed by atoms with Crippen LogP contribution in [0.1, 0.15) is 29.3 Å². The number of hydrogen-bond donors (Lipinski definition) is 1. The number of aldehydes is 1. The Hall–Kier alpha value is -1.57. The minimum Gasteiger partial charge on any atom is -0.507 e. The van der Waals surface area contributed by atoms with Gasteiger partial charge in [0.1, 0.15) is 5.75 Å². The summed E-state index contributed by atoms with van der Waals surface area (Å²) < 4.78 is 0. The van der Waals surface area contributed by atoms with E-state index in [4.69, 9.17) is 0 Å². The summed E-state index contributed by atoms with van der Waals surface area (Å²) in [4.78, 5) is 10.5. The van der Waals surface area contributed by atoms with Crippen molar-refractivity contribution in [3.8, 4) is 5.75 Å². The van der Waals surface area contributed by atoms with E-state index in [1.54, 1.807) is 12.1 Å². The summed E-state index contributed by atoms with van der Waals surface area (Å²) in [5, 5.41) is 9.26. The van der Waals surface area contributed by atoms with E-state index in [0.717, 1.165) is 24.0 Å². The number of phenols is 1. The minimum absolute atomic E-state index is 0.0408. The molecule has 0 aliphatic rings. The Bertz CT molecular complexity index is 353. The Balaban J connectivity index is 2.79. The summed E-state index contributed by atoms with van der Waals surface area (Å²) in [6, 6.07) is 5.09. The molecule has 14 heavy (non-hydrogen) atoms. The quantitative estimate of drug-likeness (QED) is 0.585. The van der Waals surface area contributed by atoms with Gasteiger partial charge in [-0.1, -0.05) is 11.6 Å². The molecule has 1 aromatic rings. The molecule has 0 spiro atoms. The molecule has 0 saturated heterocycles. The summed E-state index contributed by atoms with van der Waals surface area (Å²) in [5.41, 5.74) is 2.52. The van der Waals surface area contributed by atoms with Crippen molar-refractivity contribution in [1.82, 2.24) is 0 Å². The van der Waals surface area contributed by atoms with Crippen molar-refractivity contribution < 1.29 is 9.90 Å². The van der Waals surface area contributed by atoms with E-state index in [2.05, 4.69) is 6.58 Å². The third-order valence-electron chi connectivity index (χ3n) is 2.06. The van der Waals surface area contributed by atoms with Crippen LogP contribution in [0.4, 0.5) is 0 Å². The Kier molecular flexibility index (Phi) is 3.46. The van der Waals surface area contributed by atoms with Crippen LogP contribution >= 0.6 is 0 Å². The summed E-state index contributed by atoms with van der Waals surface area (Å²) in [6.07, 6.45) is 2.43. The summed E-state index contributed by atoms with van der Waals surface area (Å²) in [7, 11) is 0. The fraction of sp³-hybridized carbons (Fsp3) is 0.250. The fourth-order valence-electron chi connectivity index (χ4n) is 1.21. The van der Waals surface area contributed by atoms with Crippen LogP contribution in [0.5, 0.6) is 5.75 Å². The Morgan fingerprint density at radius 2 is 2.29 bits per heavy atom. The molecular weight excluding hydrogens is 176 g/mol. The monoisotopic (exact) mass is 190 g/mol. The van der Waals surface area contributed by atoms with E-state index in [1.807, 2.05) is 13.0 Å². The van der Waals surface area contributed by atoms with Crippen LogP contribution in [-0.2, 0) is 6.42 Å². The number of hydrogen-bond acceptors (Lipinski definition) is 2. The molecule has 2 nitrogen and oxygen atoms in total. The molecule has 0 aliphatic heterocycles. The summed E-state index contributed by atoms with van der Waals surface area (Å²) in [6.45, 7) is 5.78. The SMILES string of the molecule is C=C(C)CCc1ccc(O)c(C=O)c1. The number of rotatable bonds is 4. The maximum absolute atomic E-state index is 10.5. The van der Waals surface area contributed by atoms with Crippen LogP contribution < -0.4 is 0 Å². The molecule has 0 bridgehead atoms. The molecule has 74 valence electrons. The van der Waals surface area contributed by atoms with E-state index < -0.39 is 0 Å². The molecule has 1 rings (SSSR count). The molecule has 0 amide bonds. The Morgan fingerprint density at radius 3 is 2.86 bits per heavy atom. The Morgan fingerprint density at radius 1 is 1.57 bits per heavy atom. The molecule has 0 atom stereocenters. The van der Waals surface area contributed by atoms with E-state index in [1.165, 1.54) is 0 Å². The first-order chi connectivity index (χ1) is 6.63. The van der Waals surface area contributed by atoms with Crippen LogP contribution in [0.3, 0.4) is 0 Å². The van der Waals surface area contributed by atoms with Gasteiger partial charge in [0.25, 0.3) is 0 Å². The molecule has 0 aliphatic carbocycles. The minimum atomic E-state index is 0.0408. The van der Waals surface area contributed by atoms with E-state index in [-0.39, 0.29) is 5.75 Å². The highest BCUT2D eigenvalue weighted by atomic mass is 16.3. The third-order valence-corrected chi connectivity index (χ3v) is 2.06. The number of carbonyl (C=O) groups is 1. The van der Waals surface area contributed by atoms with Crippen molar-refractivity contribution in [3.63, 3.8) is 0 Å². The standard InChI is InChI=1S/C12H14O2/c1-9(2)3-4-10-5-6-12(14)11(7-10)8-13/h5-8,14H,1,3-4H2,2H3. The van der Waals surface area contributed by atoms with Gasteiger partial charge in [-0.3, -0.25) is 4.79 Å². The number of aryl methyl sites for hydroxylation is 1. The van der Waals surface area contributed by atoms with Crippen LogP contribution in [0.15, 0.2) is 30.4 Å². The maximum Gasteiger partial charge on any atom is 0.153 e. The van der Waals surface area contributed by atoms with Gasteiger partial charge in [0.05, 0.1) is 5.56 Å². The largest absolute Gasteiger partial charge is 0.507 e. The Labute approximate surface area is 83.9 Å². The lowest BCUT2D eigenvalue weighted by molar-refractivity contribution is 0.112. The molecule has 0 fully saturated rings. The van der Waals surface area contributed by atoms with Gasteiger partial charge in [-0.15, -0.1) is 6.58 Å². The average molecular weight is 190 g/mol. The lowest BCUT2D eigenvalue weighted by atomic mass is 10.0. The van der Waals surface area contributed by atoms with Gasteiger partial charge in [-0.2, -0.15) is 0 Å². The van der Waals surface area contributed by atoms with Gasteiger partial charge in [0, 0.05) is 0 Å². The number of aromatic hydroxyl groups is 1. The van der Waals surface area contributed by atoms with Crippen molar-refractivity contribution in [2.75, 3.05) is 0 Å². The smallest absolute Gasteiger partial charge is 0.153 e. The van der Waals surface area contributed by atoms with Crippen LogP contribution in [0.25, 0.3) is 0 Å². The summed E-state index contributed by atoms with van der Waals surface area (Å²) >= 11 is 0. The number of allylic oxidation sites excluding steroid dienone is 1. The lowest BCUT2D eigenvalue weighted by Gasteiger charge is -2.03. The molecule has 0 radical (unpaired) electrons. The first-order valence-corrected chi connectivity index (χ1v) is 4.55. The van der Waals surface area contributed by atoms with Gasteiger partial charge in [0.2, 0.25) is 0 Å². The molecule has 0 unspecified atom stereocenters. The number of benzene rings is 1. The predicted octanol–water partition coefficient (Wildman–Crippen LogP) is 2.71. The zero-order valence-electron chi connectivity index (χ0n) is 8.29. The second kappa shape index (κ2) is 4.61. The topological polar surface area (TPSA) is 37.3 Å². The fourth-order valence-corrected chi connectivity index (χ4v) is 1.21. The molecule has 2 heteroatoms. The van der Waals surface area contributed by atoms with Crippen molar-refractivity contribution >= 4 is 6.29 Å². The van der Waals surface area contributed by atoms with Crippen LogP contribution in [0, 0.1) is 0 Å². The van der Waals surface area contributed by atoms with E-state index >= 15 is 0 Å². The van der Waals surface area contributed by atoms with Gasteiger partial charge >= 0.3 is 0 Å². The third kappa shape index (κ3) is 2.73. The van der Waals surface area contributed by atoms with Crippen molar-refractivity contribution in [2.24, 2.45) is 0 Å². The van der Waals surface area contributed by atoms with Crippen molar-refractivity contribution in [2.45, 2.75) is 19.8 Å². The first kappa shape index (κ1) is 10.5. The van der Waals surface area contributed by atoms with Crippen LogP contribution in [-0.4, -0.2) is 11.4 Å². The molecule has 0 saturated carbocycles. The zero-order chi connectivity index (χ0) is 10.6. The second-order valence-electron chi connectivity index (χ2n) is 3.47. The van der Waals surface area contributed by atoms with Crippen LogP contribution in [0.2, 0.25) is 0 Å². The zero-order valence-corrected chi connectivity index (χ0v) is 8.29. The molecule has 0 aromatic heterocycles. The highest BCUT2D eigenvalue weighted by molar-refractivity contribution is 5.79. The summed E-state index contributed by atoms with van der Waals surface area (Å²) in [5.74, 6) is 0.0408. The second-order valence-corrected chi connectivity index (χ2v) is 3.47. The predicted molar refractivity (Wildman–Crippen MR) is 56.6 cm³/mol. The normalized spacial score (nSPS) is 9.79. The maximum atomic E-state index is 10.5. The number of phenolic OH excluding ortho intramolecular Hbond substituents is 1.